The number of aromatic nitrogens is 1. The molecule has 1 aliphatic rings. The number of nitrogens with zero attached hydrogens (tertiary/aromatic N) is 2. The Morgan fingerprint density at radius 2 is 1.69 bits per heavy atom. The summed E-state index contributed by atoms with van der Waals surface area (Å²) in [6.07, 6.45) is -4.38. The molecule has 2 amide bonds. The molecule has 0 radical (unpaired) electrons. The van der Waals surface area contributed by atoms with Gasteiger partial charge in [-0.1, -0.05) is 48.0 Å². The molecule has 52 heavy (non-hydrogen) atoms. The third-order valence-electron chi connectivity index (χ3n) is 8.35. The van der Waals surface area contributed by atoms with Gasteiger partial charge < -0.3 is 25.1 Å². The first kappa shape index (κ1) is 38.7. The lowest BCUT2D eigenvalue weighted by atomic mass is 10.0. The largest absolute Gasteiger partial charge is 0.434 e. The predicted molar refractivity (Wildman–Crippen MR) is 187 cm³/mol. The number of sulfonamides is 1. The third-order valence-corrected chi connectivity index (χ3v) is 9.86. The van der Waals surface area contributed by atoms with Crippen LogP contribution in [-0.4, -0.2) is 79.6 Å². The predicted octanol–water partition coefficient (Wildman–Crippen LogP) is 4.87. The molecule has 278 valence electrons. The summed E-state index contributed by atoms with van der Waals surface area (Å²) in [5.41, 5.74) is 7.75. The highest BCUT2D eigenvalue weighted by molar-refractivity contribution is 7.92. The van der Waals surface area contributed by atoms with Gasteiger partial charge in [-0.3, -0.25) is 19.1 Å². The molecular formula is C35H37ClF3N5O7S. The number of nitrogens with one attached hydrogen (secondary N) is 2. The zero-order valence-electron chi connectivity index (χ0n) is 27.8. The van der Waals surface area contributed by atoms with Gasteiger partial charge in [-0.05, 0) is 73.3 Å². The van der Waals surface area contributed by atoms with E-state index in [2.05, 4.69) is 10.3 Å². The Morgan fingerprint density at radius 3 is 2.37 bits per heavy atom. The number of hydrogen-bond acceptors (Lipinski definition) is 9. The topological polar surface area (TPSA) is 174 Å². The lowest BCUT2D eigenvalue weighted by Crippen LogP contribution is -2.47. The highest BCUT2D eigenvalue weighted by Crippen LogP contribution is 2.26. The highest BCUT2D eigenvalue weighted by atomic mass is 35.5. The molecule has 1 aliphatic heterocycles. The van der Waals surface area contributed by atoms with Crippen molar-refractivity contribution in [2.45, 2.75) is 50.6 Å². The number of likely N-dealkylation sites (tertiary alicyclic amines) is 1. The second-order valence-electron chi connectivity index (χ2n) is 12.4. The van der Waals surface area contributed by atoms with Gasteiger partial charge in [0.1, 0.15) is 5.52 Å². The van der Waals surface area contributed by atoms with Crippen molar-refractivity contribution in [1.29, 1.82) is 0 Å². The number of benzene rings is 3. The van der Waals surface area contributed by atoms with Gasteiger partial charge in [0.2, 0.25) is 27.6 Å². The van der Waals surface area contributed by atoms with Crippen molar-refractivity contribution >= 4 is 56.0 Å². The number of amides is 2. The summed E-state index contributed by atoms with van der Waals surface area (Å²) in [4.78, 5) is 46.8. The average Bonchev–Trinajstić information content (AvgIpc) is 3.72. The first-order valence-electron chi connectivity index (χ1n) is 16.4. The van der Waals surface area contributed by atoms with E-state index in [0.717, 1.165) is 5.56 Å². The number of nitrogens with two attached hydrogens (primary N) is 1. The number of alkyl halides is 3. The van der Waals surface area contributed by atoms with Crippen LogP contribution < -0.4 is 15.8 Å². The van der Waals surface area contributed by atoms with E-state index >= 15 is 0 Å². The summed E-state index contributed by atoms with van der Waals surface area (Å²) in [6, 6.07) is 18.2. The van der Waals surface area contributed by atoms with E-state index in [0.29, 0.717) is 41.1 Å². The molecule has 0 saturated carbocycles. The number of Topliss-reactive ketones (excluding diaryl/α,β-unsaturated/α-hetero) is 1. The Hall–Kier alpha value is -4.51. The third kappa shape index (κ3) is 10.8. The van der Waals surface area contributed by atoms with Gasteiger partial charge >= 0.3 is 6.18 Å². The summed E-state index contributed by atoms with van der Waals surface area (Å²) >= 11 is 6.02. The first-order valence-corrected chi connectivity index (χ1v) is 18.4. The van der Waals surface area contributed by atoms with Gasteiger partial charge in [0, 0.05) is 23.8 Å². The van der Waals surface area contributed by atoms with E-state index in [1.807, 2.05) is 4.72 Å². The zero-order chi connectivity index (χ0) is 37.5. The van der Waals surface area contributed by atoms with E-state index in [4.69, 9.17) is 26.5 Å². The minimum atomic E-state index is -4.91. The molecule has 0 spiro atoms. The Kier molecular flexibility index (Phi) is 12.6. The summed E-state index contributed by atoms with van der Waals surface area (Å²) in [6.45, 7) is 0.532. The van der Waals surface area contributed by atoms with E-state index in [-0.39, 0.29) is 50.0 Å². The minimum Gasteiger partial charge on any atom is -0.434 e. The molecule has 3 aromatic carbocycles. The number of halogens is 4. The molecule has 1 fully saturated rings. The summed E-state index contributed by atoms with van der Waals surface area (Å²) in [5, 5.41) is 3.39. The molecule has 17 heteroatoms. The number of unbranched alkanes of at least 4 members (excludes halogenated alkanes) is 1. The fourth-order valence-electron chi connectivity index (χ4n) is 5.76. The maximum atomic E-state index is 13.9. The number of ketones is 1. The van der Waals surface area contributed by atoms with Crippen LogP contribution in [-0.2, 0) is 37.4 Å². The van der Waals surface area contributed by atoms with Crippen molar-refractivity contribution in [3.8, 4) is 0 Å². The van der Waals surface area contributed by atoms with Crippen LogP contribution in [0, 0.1) is 5.92 Å². The number of anilines is 1. The van der Waals surface area contributed by atoms with E-state index in [1.54, 1.807) is 48.5 Å². The molecule has 0 aliphatic carbocycles. The van der Waals surface area contributed by atoms with Crippen LogP contribution in [0.1, 0.15) is 41.1 Å². The molecular weight excluding hydrogens is 727 g/mol. The van der Waals surface area contributed by atoms with Gasteiger partial charge in [-0.2, -0.15) is 13.2 Å². The molecule has 3 atom stereocenters. The normalized spacial score (nSPS) is 16.9. The number of carbonyl (C=O) groups is 3. The van der Waals surface area contributed by atoms with Crippen LogP contribution in [0.15, 0.2) is 77.2 Å². The second-order valence-corrected chi connectivity index (χ2v) is 14.6. The number of oxazole rings is 1. The van der Waals surface area contributed by atoms with E-state index in [1.165, 1.54) is 29.2 Å². The molecule has 12 nitrogen and oxygen atoms in total. The summed E-state index contributed by atoms with van der Waals surface area (Å²) in [7, 11) is -4.68. The Balaban J connectivity index is 1.29. The fraction of sp³-hybridized carbons (Fsp3) is 0.371. The van der Waals surface area contributed by atoms with Gasteiger partial charge in [0.25, 0.3) is 5.89 Å². The minimum absolute atomic E-state index is 0.0299. The second kappa shape index (κ2) is 16.9. The van der Waals surface area contributed by atoms with Crippen LogP contribution in [0.25, 0.3) is 11.1 Å². The van der Waals surface area contributed by atoms with Gasteiger partial charge in [0.05, 0.1) is 31.1 Å². The van der Waals surface area contributed by atoms with Crippen LogP contribution in [0.5, 0.6) is 0 Å². The van der Waals surface area contributed by atoms with Crippen LogP contribution in [0.2, 0.25) is 5.02 Å². The molecule has 0 bridgehead atoms. The quantitative estimate of drug-likeness (QED) is 0.106. The Bertz CT molecular complexity index is 1940. The van der Waals surface area contributed by atoms with E-state index < -0.39 is 51.7 Å². The van der Waals surface area contributed by atoms with Crippen molar-refractivity contribution in [1.82, 2.24) is 15.2 Å². The Labute approximate surface area is 302 Å². The van der Waals surface area contributed by atoms with Crippen LogP contribution in [0.3, 0.4) is 0 Å². The van der Waals surface area contributed by atoms with Crippen molar-refractivity contribution in [2.24, 2.45) is 11.7 Å². The Morgan fingerprint density at radius 1 is 1.00 bits per heavy atom. The van der Waals surface area contributed by atoms with Crippen molar-refractivity contribution in [3.63, 3.8) is 0 Å². The number of fused-ring (bicyclic) bond motifs is 1. The molecule has 1 saturated heterocycles. The van der Waals surface area contributed by atoms with Crippen molar-refractivity contribution < 1.29 is 45.1 Å². The lowest BCUT2D eigenvalue weighted by molar-refractivity contribution is -0.130. The number of carbonyl (C=O) groups excluding carboxylic acids is 3. The summed E-state index contributed by atoms with van der Waals surface area (Å²) < 4.78 is 75.2. The SMILES string of the molecule is NCCCC[C@H](NC(=O)[C@H]1CN(C(=O)Cc2ccc(NS(=O)(=O)CC(F)(F)F)cc2)C[C@@H]1OCc1ccc(Cl)cc1)C(=O)c1nc2ccccc2o1. The van der Waals surface area contributed by atoms with Crippen LogP contribution >= 0.6 is 11.6 Å². The number of ether oxygens (including phenoxy) is 1. The van der Waals surface area contributed by atoms with Gasteiger partial charge in [0.15, 0.2) is 11.3 Å². The molecule has 0 unspecified atom stereocenters. The molecule has 4 N–H and O–H groups in total. The fourth-order valence-corrected chi connectivity index (χ4v) is 6.88. The lowest BCUT2D eigenvalue weighted by Gasteiger charge is -2.22. The highest BCUT2D eigenvalue weighted by Gasteiger charge is 2.42. The van der Waals surface area contributed by atoms with Gasteiger partial charge in [-0.15, -0.1) is 0 Å². The molecule has 2 heterocycles. The molecule has 1 aromatic heterocycles. The number of para-hydroxylation sites is 2. The van der Waals surface area contributed by atoms with Gasteiger partial charge in [-0.25, -0.2) is 13.4 Å². The maximum Gasteiger partial charge on any atom is 0.404 e. The monoisotopic (exact) mass is 763 g/mol. The van der Waals surface area contributed by atoms with Crippen molar-refractivity contribution in [3.05, 3.63) is 94.8 Å². The van der Waals surface area contributed by atoms with Crippen LogP contribution in [0.4, 0.5) is 18.9 Å². The maximum absolute atomic E-state index is 13.9. The summed E-state index contributed by atoms with van der Waals surface area (Å²) in [5.74, 6) is -4.43. The average molecular weight is 764 g/mol. The number of rotatable bonds is 16. The standard InChI is InChI=1S/C35H37ClF3N5O7S/c36-24-12-8-23(9-13-24)20-50-30-19-44(31(45)17-22-10-14-25(15-11-22)43-52(48,49)21-35(37,38)39)18-26(30)33(47)41-28(6-3-4-16-40)32(46)34-42-27-5-1-2-7-29(27)51-34/h1-2,5,7-15,26,28,30,43H,3-4,6,16-21,40H2,(H,41,47)/t26-,28-,30-/m0/s1. The van der Waals surface area contributed by atoms with E-state index in [9.17, 15) is 36.0 Å². The van der Waals surface area contributed by atoms with Crippen molar-refractivity contribution in [2.75, 3.05) is 30.1 Å². The first-order chi connectivity index (χ1) is 24.7. The zero-order valence-corrected chi connectivity index (χ0v) is 29.3. The smallest absolute Gasteiger partial charge is 0.404 e. The molecule has 5 rings (SSSR count). The molecule has 4 aromatic rings. The number of hydrogen-bond donors (Lipinski definition) is 3.